The van der Waals surface area contributed by atoms with Gasteiger partial charge in [0.1, 0.15) is 5.94 Å². The van der Waals surface area contributed by atoms with Crippen molar-refractivity contribution < 1.29 is 4.79 Å². The minimum Gasteiger partial charge on any atom is -0.234 e. The first-order chi connectivity index (χ1) is 10.4. The first-order valence-electron chi connectivity index (χ1n) is 9.26. The second-order valence-electron chi connectivity index (χ2n) is 6.05. The van der Waals surface area contributed by atoms with Crippen LogP contribution in [-0.2, 0) is 4.79 Å². The summed E-state index contributed by atoms with van der Waals surface area (Å²) in [5.74, 6) is 1.84. The zero-order chi connectivity index (χ0) is 15.4. The topological polar surface area (TPSA) is 17.1 Å². The molecule has 21 heavy (non-hydrogen) atoms. The van der Waals surface area contributed by atoms with Gasteiger partial charge in [0.2, 0.25) is 0 Å². The van der Waals surface area contributed by atoms with Crippen molar-refractivity contribution in [3.8, 4) is 0 Å². The van der Waals surface area contributed by atoms with Crippen LogP contribution in [0.4, 0.5) is 0 Å². The Morgan fingerprint density at radius 3 is 1.52 bits per heavy atom. The standard InChI is InChI=1S/C20H36O/c1-2-3-4-5-6-7-8-9-10-11-12-13-14-15-16-17-18-19-20-21/h9-10,19H,2-8,11-18H2,1H3. The molecule has 0 aliphatic heterocycles. The van der Waals surface area contributed by atoms with Crippen LogP contribution in [0.15, 0.2) is 18.2 Å². The fraction of sp³-hybridized carbons (Fsp3) is 0.800. The van der Waals surface area contributed by atoms with Crippen LogP contribution in [0.1, 0.15) is 103 Å². The van der Waals surface area contributed by atoms with Crippen molar-refractivity contribution in [2.75, 3.05) is 0 Å². The highest BCUT2D eigenvalue weighted by atomic mass is 16.1. The minimum absolute atomic E-state index is 0.907. The Bertz CT molecular complexity index is 261. The van der Waals surface area contributed by atoms with Crippen LogP contribution in [0.3, 0.4) is 0 Å². The first-order valence-corrected chi connectivity index (χ1v) is 9.26. The van der Waals surface area contributed by atoms with E-state index >= 15 is 0 Å². The van der Waals surface area contributed by atoms with E-state index in [1.54, 1.807) is 6.08 Å². The lowest BCUT2D eigenvalue weighted by atomic mass is 10.1. The van der Waals surface area contributed by atoms with Gasteiger partial charge < -0.3 is 0 Å². The van der Waals surface area contributed by atoms with Gasteiger partial charge in [-0.2, -0.15) is 0 Å². The molecular formula is C20H36O. The SMILES string of the molecule is CCCCCCCCC=CCCCCCCCCC=C=O. The maximum Gasteiger partial charge on any atom is 0.120 e. The molecule has 0 heterocycles. The van der Waals surface area contributed by atoms with Gasteiger partial charge in [-0.1, -0.05) is 76.9 Å². The van der Waals surface area contributed by atoms with Gasteiger partial charge in [-0.25, -0.2) is 4.79 Å². The lowest BCUT2D eigenvalue weighted by molar-refractivity contribution is 0.566. The molecule has 0 aliphatic rings. The first kappa shape index (κ1) is 20.2. The molecule has 0 spiro atoms. The molecule has 0 N–H and O–H groups in total. The summed E-state index contributed by atoms with van der Waals surface area (Å²) in [6, 6.07) is 0. The van der Waals surface area contributed by atoms with E-state index in [1.165, 1.54) is 83.5 Å². The number of allylic oxidation sites excluding steroid dienone is 3. The van der Waals surface area contributed by atoms with E-state index in [4.69, 9.17) is 0 Å². The lowest BCUT2D eigenvalue weighted by Crippen LogP contribution is -1.80. The zero-order valence-electron chi connectivity index (χ0n) is 14.2. The van der Waals surface area contributed by atoms with Crippen molar-refractivity contribution in [1.29, 1.82) is 0 Å². The third-order valence-electron chi connectivity index (χ3n) is 3.94. The van der Waals surface area contributed by atoms with Gasteiger partial charge in [0.05, 0.1) is 0 Å². The molecule has 122 valence electrons. The Hall–Kier alpha value is -0.810. The monoisotopic (exact) mass is 292 g/mol. The van der Waals surface area contributed by atoms with E-state index in [0.717, 1.165) is 12.8 Å². The minimum atomic E-state index is 0.907. The van der Waals surface area contributed by atoms with Gasteiger partial charge in [-0.15, -0.1) is 0 Å². The van der Waals surface area contributed by atoms with Crippen LogP contribution >= 0.6 is 0 Å². The molecule has 0 aromatic carbocycles. The highest BCUT2D eigenvalue weighted by molar-refractivity contribution is 5.44. The van der Waals surface area contributed by atoms with Crippen LogP contribution in [0.25, 0.3) is 0 Å². The average molecular weight is 293 g/mol. The third-order valence-corrected chi connectivity index (χ3v) is 3.94. The van der Waals surface area contributed by atoms with E-state index < -0.39 is 0 Å². The van der Waals surface area contributed by atoms with Gasteiger partial charge >= 0.3 is 0 Å². The molecule has 0 bridgehead atoms. The van der Waals surface area contributed by atoms with Gasteiger partial charge in [-0.3, -0.25) is 0 Å². The molecule has 0 saturated carbocycles. The average Bonchev–Trinajstić information content (AvgIpc) is 2.50. The molecule has 0 rings (SSSR count). The normalized spacial score (nSPS) is 10.9. The summed E-state index contributed by atoms with van der Waals surface area (Å²) in [4.78, 5) is 9.98. The van der Waals surface area contributed by atoms with E-state index in [2.05, 4.69) is 19.1 Å². The van der Waals surface area contributed by atoms with E-state index in [1.807, 2.05) is 5.94 Å². The summed E-state index contributed by atoms with van der Waals surface area (Å²) in [5.41, 5.74) is 0. The molecule has 1 heteroatoms. The van der Waals surface area contributed by atoms with Crippen molar-refractivity contribution in [1.82, 2.24) is 0 Å². The Morgan fingerprint density at radius 1 is 0.619 bits per heavy atom. The van der Waals surface area contributed by atoms with Crippen molar-refractivity contribution in [3.05, 3.63) is 18.2 Å². The summed E-state index contributed by atoms with van der Waals surface area (Å²) in [6.45, 7) is 2.27. The zero-order valence-corrected chi connectivity index (χ0v) is 14.2. The molecule has 0 amide bonds. The van der Waals surface area contributed by atoms with E-state index in [-0.39, 0.29) is 0 Å². The highest BCUT2D eigenvalue weighted by Gasteiger charge is 1.91. The van der Waals surface area contributed by atoms with Gasteiger partial charge in [0, 0.05) is 0 Å². The molecule has 0 aromatic rings. The fourth-order valence-corrected chi connectivity index (χ4v) is 2.55. The Balaban J connectivity index is 3.06. The maximum absolute atomic E-state index is 9.98. The molecular weight excluding hydrogens is 256 g/mol. The number of hydrogen-bond acceptors (Lipinski definition) is 1. The van der Waals surface area contributed by atoms with Gasteiger partial charge in [0.25, 0.3) is 0 Å². The predicted octanol–water partition coefficient (Wildman–Crippen LogP) is 6.80. The predicted molar refractivity (Wildman–Crippen MR) is 94.3 cm³/mol. The van der Waals surface area contributed by atoms with Gasteiger partial charge in [0.15, 0.2) is 0 Å². The summed E-state index contributed by atoms with van der Waals surface area (Å²) in [5, 5.41) is 0. The van der Waals surface area contributed by atoms with Crippen LogP contribution < -0.4 is 0 Å². The summed E-state index contributed by atoms with van der Waals surface area (Å²) < 4.78 is 0. The van der Waals surface area contributed by atoms with Crippen LogP contribution in [-0.4, -0.2) is 5.94 Å². The number of hydrogen-bond donors (Lipinski definition) is 0. The summed E-state index contributed by atoms with van der Waals surface area (Å²) >= 11 is 0. The molecule has 0 fully saturated rings. The molecule has 0 unspecified atom stereocenters. The quantitative estimate of drug-likeness (QED) is 0.174. The van der Waals surface area contributed by atoms with Crippen LogP contribution in [0, 0.1) is 0 Å². The lowest BCUT2D eigenvalue weighted by Gasteiger charge is -1.99. The number of rotatable bonds is 16. The Kier molecular flexibility index (Phi) is 18.4. The molecule has 0 aromatic heterocycles. The molecule has 1 nitrogen and oxygen atoms in total. The number of carbonyl (C=O) groups excluding carboxylic acids is 1. The largest absolute Gasteiger partial charge is 0.234 e. The second kappa shape index (κ2) is 19.2. The van der Waals surface area contributed by atoms with Gasteiger partial charge in [-0.05, 0) is 44.6 Å². The van der Waals surface area contributed by atoms with Crippen molar-refractivity contribution >= 4 is 5.94 Å². The molecule has 0 aliphatic carbocycles. The summed E-state index contributed by atoms with van der Waals surface area (Å²) in [7, 11) is 0. The summed E-state index contributed by atoms with van der Waals surface area (Å²) in [6.07, 6.45) is 25.9. The molecule has 0 atom stereocenters. The molecule has 0 radical (unpaired) electrons. The van der Waals surface area contributed by atoms with Crippen molar-refractivity contribution in [3.63, 3.8) is 0 Å². The molecule has 0 saturated heterocycles. The smallest absolute Gasteiger partial charge is 0.120 e. The Labute approximate surface area is 132 Å². The van der Waals surface area contributed by atoms with E-state index in [9.17, 15) is 4.79 Å². The van der Waals surface area contributed by atoms with Crippen molar-refractivity contribution in [2.45, 2.75) is 103 Å². The van der Waals surface area contributed by atoms with Crippen LogP contribution in [0.2, 0.25) is 0 Å². The number of unbranched alkanes of at least 4 members (excludes halogenated alkanes) is 13. The van der Waals surface area contributed by atoms with E-state index in [0.29, 0.717) is 0 Å². The fourth-order valence-electron chi connectivity index (χ4n) is 2.55. The Morgan fingerprint density at radius 2 is 1.05 bits per heavy atom. The highest BCUT2D eigenvalue weighted by Crippen LogP contribution is 2.10. The maximum atomic E-state index is 9.98. The third kappa shape index (κ3) is 19.2. The van der Waals surface area contributed by atoms with Crippen LogP contribution in [0.5, 0.6) is 0 Å². The van der Waals surface area contributed by atoms with Crippen molar-refractivity contribution in [2.24, 2.45) is 0 Å². The second-order valence-corrected chi connectivity index (χ2v) is 6.05.